The zero-order valence-corrected chi connectivity index (χ0v) is 13.0. The van der Waals surface area contributed by atoms with Crippen LogP contribution in [-0.2, 0) is 14.3 Å². The van der Waals surface area contributed by atoms with Crippen molar-refractivity contribution >= 4 is 12.0 Å². The number of amides is 2. The first-order valence-electron chi connectivity index (χ1n) is 7.31. The van der Waals surface area contributed by atoms with Crippen molar-refractivity contribution in [1.82, 2.24) is 10.6 Å². The quantitative estimate of drug-likeness (QED) is 0.621. The van der Waals surface area contributed by atoms with Gasteiger partial charge in [-0.1, -0.05) is 13.8 Å². The Morgan fingerprint density at radius 3 is 2.43 bits per heavy atom. The van der Waals surface area contributed by atoms with Gasteiger partial charge in [-0.05, 0) is 12.8 Å². The summed E-state index contributed by atoms with van der Waals surface area (Å²) in [6, 6.07) is -0.383. The summed E-state index contributed by atoms with van der Waals surface area (Å²) >= 11 is 0. The van der Waals surface area contributed by atoms with E-state index in [4.69, 9.17) is 9.47 Å². The highest BCUT2D eigenvalue weighted by Gasteiger charge is 2.37. The zero-order chi connectivity index (χ0) is 15.9. The molecule has 0 bridgehead atoms. The molecule has 7 nitrogen and oxygen atoms in total. The van der Waals surface area contributed by atoms with E-state index in [0.29, 0.717) is 32.6 Å². The molecule has 3 N–H and O–H groups in total. The Labute approximate surface area is 125 Å². The summed E-state index contributed by atoms with van der Waals surface area (Å²) in [6.07, 6.45) is 1.66. The number of hydrogen-bond donors (Lipinski definition) is 3. The molecule has 1 rings (SSSR count). The van der Waals surface area contributed by atoms with Crippen LogP contribution < -0.4 is 10.6 Å². The van der Waals surface area contributed by atoms with Crippen LogP contribution in [0.25, 0.3) is 0 Å². The Morgan fingerprint density at radius 2 is 2.00 bits per heavy atom. The van der Waals surface area contributed by atoms with Crippen LogP contribution in [0.15, 0.2) is 0 Å². The second kappa shape index (κ2) is 7.61. The van der Waals surface area contributed by atoms with Crippen LogP contribution in [0.4, 0.5) is 4.79 Å². The lowest BCUT2D eigenvalue weighted by Gasteiger charge is -2.28. The standard InChI is InChI=1S/C14H26N2O5/c1-4-13(5-2,11(17)18)8-15-12(19)16-9-14(20-3)6-7-21-10-14/h4-10H2,1-3H3,(H,17,18)(H2,15,16,19). The van der Waals surface area contributed by atoms with Crippen molar-refractivity contribution < 1.29 is 24.2 Å². The normalized spacial score (nSPS) is 22.0. The lowest BCUT2D eigenvalue weighted by molar-refractivity contribution is -0.149. The molecule has 1 aliphatic heterocycles. The van der Waals surface area contributed by atoms with E-state index in [1.807, 2.05) is 13.8 Å². The Bertz CT molecular complexity index is 362. The second-order valence-electron chi connectivity index (χ2n) is 5.52. The van der Waals surface area contributed by atoms with Gasteiger partial charge >= 0.3 is 12.0 Å². The largest absolute Gasteiger partial charge is 0.481 e. The Balaban J connectivity index is 2.45. The van der Waals surface area contributed by atoms with Crippen molar-refractivity contribution in [3.8, 4) is 0 Å². The molecule has 122 valence electrons. The van der Waals surface area contributed by atoms with Crippen molar-refractivity contribution in [3.05, 3.63) is 0 Å². The number of nitrogens with one attached hydrogen (secondary N) is 2. The van der Waals surface area contributed by atoms with E-state index in [9.17, 15) is 14.7 Å². The van der Waals surface area contributed by atoms with Crippen LogP contribution in [0, 0.1) is 5.41 Å². The second-order valence-corrected chi connectivity index (χ2v) is 5.52. The number of carbonyl (C=O) groups is 2. The number of carboxylic acid groups (broad SMARTS) is 1. The van der Waals surface area contributed by atoms with Crippen molar-refractivity contribution in [1.29, 1.82) is 0 Å². The van der Waals surface area contributed by atoms with E-state index in [1.54, 1.807) is 7.11 Å². The first-order valence-corrected chi connectivity index (χ1v) is 7.31. The van der Waals surface area contributed by atoms with Gasteiger partial charge in [-0.15, -0.1) is 0 Å². The van der Waals surface area contributed by atoms with Crippen LogP contribution in [0.2, 0.25) is 0 Å². The number of hydrogen-bond acceptors (Lipinski definition) is 4. The van der Waals surface area contributed by atoms with Gasteiger partial charge in [0.05, 0.1) is 18.6 Å². The highest BCUT2D eigenvalue weighted by molar-refractivity contribution is 5.78. The fraction of sp³-hybridized carbons (Fsp3) is 0.857. The monoisotopic (exact) mass is 302 g/mol. The number of carbonyl (C=O) groups excluding carboxylic acids is 1. The third-order valence-corrected chi connectivity index (χ3v) is 4.47. The molecule has 2 amide bonds. The maximum absolute atomic E-state index is 11.8. The van der Waals surface area contributed by atoms with E-state index >= 15 is 0 Å². The molecule has 21 heavy (non-hydrogen) atoms. The van der Waals surface area contributed by atoms with Crippen molar-refractivity contribution in [2.45, 2.75) is 38.7 Å². The SMILES string of the molecule is CCC(CC)(CNC(=O)NCC1(OC)CCOC1)C(=O)O. The number of carboxylic acids is 1. The van der Waals surface area contributed by atoms with E-state index in [0.717, 1.165) is 6.42 Å². The molecule has 1 atom stereocenters. The van der Waals surface area contributed by atoms with Gasteiger partial charge in [-0.3, -0.25) is 4.79 Å². The molecule has 0 aromatic carbocycles. The van der Waals surface area contributed by atoms with Gasteiger partial charge in [-0.25, -0.2) is 4.79 Å². The van der Waals surface area contributed by atoms with Gasteiger partial charge in [0.25, 0.3) is 0 Å². The average molecular weight is 302 g/mol. The topological polar surface area (TPSA) is 96.9 Å². The van der Waals surface area contributed by atoms with Crippen molar-refractivity contribution in [2.75, 3.05) is 33.4 Å². The van der Waals surface area contributed by atoms with E-state index in [1.165, 1.54) is 0 Å². The molecular formula is C14H26N2O5. The van der Waals surface area contributed by atoms with Crippen molar-refractivity contribution in [3.63, 3.8) is 0 Å². The van der Waals surface area contributed by atoms with Gasteiger partial charge in [0, 0.05) is 26.7 Å². The lowest BCUT2D eigenvalue weighted by atomic mass is 9.82. The Morgan fingerprint density at radius 1 is 1.33 bits per heavy atom. The van der Waals surface area contributed by atoms with Crippen LogP contribution in [0.3, 0.4) is 0 Å². The molecule has 0 aromatic heterocycles. The predicted molar refractivity (Wildman–Crippen MR) is 77.2 cm³/mol. The van der Waals surface area contributed by atoms with E-state index < -0.39 is 17.0 Å². The fourth-order valence-corrected chi connectivity index (χ4v) is 2.39. The summed E-state index contributed by atoms with van der Waals surface area (Å²) in [5, 5.41) is 14.7. The Hall–Kier alpha value is -1.34. The van der Waals surface area contributed by atoms with Gasteiger partial charge in [0.2, 0.25) is 0 Å². The minimum Gasteiger partial charge on any atom is -0.481 e. The first-order chi connectivity index (χ1) is 9.93. The first kappa shape index (κ1) is 17.7. The van der Waals surface area contributed by atoms with Gasteiger partial charge in [0.1, 0.15) is 5.60 Å². The van der Waals surface area contributed by atoms with Crippen LogP contribution in [0.1, 0.15) is 33.1 Å². The highest BCUT2D eigenvalue weighted by atomic mass is 16.5. The van der Waals surface area contributed by atoms with E-state index in [-0.39, 0.29) is 12.6 Å². The third-order valence-electron chi connectivity index (χ3n) is 4.47. The van der Waals surface area contributed by atoms with Gasteiger partial charge < -0.3 is 25.2 Å². The molecule has 7 heteroatoms. The summed E-state index contributed by atoms with van der Waals surface area (Å²) in [6.45, 7) is 5.14. The lowest BCUT2D eigenvalue weighted by Crippen LogP contribution is -2.50. The van der Waals surface area contributed by atoms with Crippen LogP contribution in [0.5, 0.6) is 0 Å². The number of ether oxygens (including phenoxy) is 2. The molecule has 0 aromatic rings. The summed E-state index contributed by atoms with van der Waals surface area (Å²) in [5.41, 5.74) is -1.39. The zero-order valence-electron chi connectivity index (χ0n) is 13.0. The fourth-order valence-electron chi connectivity index (χ4n) is 2.39. The van der Waals surface area contributed by atoms with Gasteiger partial charge in [0.15, 0.2) is 0 Å². The van der Waals surface area contributed by atoms with Gasteiger partial charge in [-0.2, -0.15) is 0 Å². The maximum Gasteiger partial charge on any atom is 0.314 e. The molecule has 1 unspecified atom stereocenters. The number of methoxy groups -OCH3 is 1. The van der Waals surface area contributed by atoms with Crippen molar-refractivity contribution in [2.24, 2.45) is 5.41 Å². The minimum atomic E-state index is -0.910. The molecule has 1 fully saturated rings. The van der Waals surface area contributed by atoms with Crippen LogP contribution in [-0.4, -0.2) is 56.1 Å². The summed E-state index contributed by atoms with van der Waals surface area (Å²) < 4.78 is 10.7. The summed E-state index contributed by atoms with van der Waals surface area (Å²) in [5.74, 6) is -0.884. The number of aliphatic carboxylic acids is 1. The smallest absolute Gasteiger partial charge is 0.314 e. The molecule has 0 spiro atoms. The maximum atomic E-state index is 11.8. The molecular weight excluding hydrogens is 276 g/mol. The summed E-state index contributed by atoms with van der Waals surface area (Å²) in [4.78, 5) is 23.2. The molecule has 0 aliphatic carbocycles. The van der Waals surface area contributed by atoms with Crippen LogP contribution >= 0.6 is 0 Å². The highest BCUT2D eigenvalue weighted by Crippen LogP contribution is 2.25. The third kappa shape index (κ3) is 4.31. The molecule has 0 saturated carbocycles. The Kier molecular flexibility index (Phi) is 6.42. The molecule has 1 heterocycles. The minimum absolute atomic E-state index is 0.109. The molecule has 0 radical (unpaired) electrons. The van der Waals surface area contributed by atoms with E-state index in [2.05, 4.69) is 10.6 Å². The number of urea groups is 1. The average Bonchev–Trinajstić information content (AvgIpc) is 2.96. The molecule has 1 aliphatic rings. The number of rotatable bonds is 8. The molecule has 1 saturated heterocycles. The summed E-state index contributed by atoms with van der Waals surface area (Å²) in [7, 11) is 1.60. The predicted octanol–water partition coefficient (Wildman–Crippen LogP) is 0.982.